The fourth-order valence-corrected chi connectivity index (χ4v) is 2.41. The van der Waals surface area contributed by atoms with Crippen molar-refractivity contribution in [3.05, 3.63) is 35.4 Å². The third-order valence-electron chi connectivity index (χ3n) is 3.40. The first kappa shape index (κ1) is 22.1. The summed E-state index contributed by atoms with van der Waals surface area (Å²) in [6.07, 6.45) is 1.25. The summed E-state index contributed by atoms with van der Waals surface area (Å²) in [4.78, 5) is 4.81. The quantitative estimate of drug-likeness (QED) is 0.745. The highest BCUT2D eigenvalue weighted by atomic mass is 15.2. The van der Waals surface area contributed by atoms with E-state index in [1.165, 1.54) is 24.1 Å². The monoisotopic (exact) mass is 321 g/mol. The first-order valence-corrected chi connectivity index (χ1v) is 9.02. The van der Waals surface area contributed by atoms with Crippen molar-refractivity contribution in [1.82, 2.24) is 15.1 Å². The molecule has 1 rings (SSSR count). The predicted molar refractivity (Wildman–Crippen MR) is 104 cm³/mol. The van der Waals surface area contributed by atoms with E-state index in [0.29, 0.717) is 0 Å². The maximum Gasteiger partial charge on any atom is 0.0231 e. The lowest BCUT2D eigenvalue weighted by Gasteiger charge is -2.23. The van der Waals surface area contributed by atoms with Gasteiger partial charge in [-0.15, -0.1) is 0 Å². The Kier molecular flexibility index (Phi) is 13.0. The van der Waals surface area contributed by atoms with E-state index in [-0.39, 0.29) is 0 Å². The van der Waals surface area contributed by atoms with Gasteiger partial charge < -0.3 is 15.1 Å². The molecule has 0 unspecified atom stereocenters. The molecule has 134 valence electrons. The summed E-state index contributed by atoms with van der Waals surface area (Å²) in [6, 6.07) is 8.90. The molecule has 0 aliphatic carbocycles. The zero-order valence-electron chi connectivity index (χ0n) is 16.5. The molecule has 1 aromatic rings. The molecule has 3 nitrogen and oxygen atoms in total. The average molecular weight is 322 g/mol. The SMILES string of the molecule is CCC.CNCc1ccc(CN(C)CCN(C)CC(C)C)cc1. The fraction of sp³-hybridized carbons (Fsp3) is 0.700. The molecule has 0 atom stereocenters. The molecule has 0 fully saturated rings. The number of nitrogens with zero attached hydrogens (tertiary/aromatic N) is 2. The van der Waals surface area contributed by atoms with Crippen molar-refractivity contribution in [3.8, 4) is 0 Å². The number of likely N-dealkylation sites (N-methyl/N-ethyl adjacent to an activating group) is 2. The van der Waals surface area contributed by atoms with Crippen molar-refractivity contribution in [2.45, 2.75) is 47.2 Å². The highest BCUT2D eigenvalue weighted by Crippen LogP contribution is 2.07. The second-order valence-corrected chi connectivity index (χ2v) is 6.95. The van der Waals surface area contributed by atoms with Crippen LogP contribution in [0.2, 0.25) is 0 Å². The van der Waals surface area contributed by atoms with Crippen LogP contribution in [0, 0.1) is 5.92 Å². The number of benzene rings is 1. The van der Waals surface area contributed by atoms with Crippen molar-refractivity contribution in [3.63, 3.8) is 0 Å². The van der Waals surface area contributed by atoms with Gasteiger partial charge in [-0.25, -0.2) is 0 Å². The second kappa shape index (κ2) is 13.5. The average Bonchev–Trinajstić information content (AvgIpc) is 2.48. The zero-order valence-corrected chi connectivity index (χ0v) is 16.5. The summed E-state index contributed by atoms with van der Waals surface area (Å²) >= 11 is 0. The van der Waals surface area contributed by atoms with Gasteiger partial charge in [0.15, 0.2) is 0 Å². The predicted octanol–water partition coefficient (Wildman–Crippen LogP) is 3.84. The van der Waals surface area contributed by atoms with Crippen LogP contribution in [-0.2, 0) is 13.1 Å². The van der Waals surface area contributed by atoms with Crippen molar-refractivity contribution < 1.29 is 0 Å². The van der Waals surface area contributed by atoms with Gasteiger partial charge in [-0.1, -0.05) is 58.4 Å². The van der Waals surface area contributed by atoms with Gasteiger partial charge in [0.2, 0.25) is 0 Å². The van der Waals surface area contributed by atoms with E-state index in [1.54, 1.807) is 0 Å². The summed E-state index contributed by atoms with van der Waals surface area (Å²) < 4.78 is 0. The molecule has 0 radical (unpaired) electrons. The van der Waals surface area contributed by atoms with E-state index in [4.69, 9.17) is 0 Å². The second-order valence-electron chi connectivity index (χ2n) is 6.95. The largest absolute Gasteiger partial charge is 0.316 e. The van der Waals surface area contributed by atoms with E-state index in [0.717, 1.165) is 32.1 Å². The third-order valence-corrected chi connectivity index (χ3v) is 3.40. The Hall–Kier alpha value is -0.900. The lowest BCUT2D eigenvalue weighted by atomic mass is 10.1. The Morgan fingerprint density at radius 1 is 0.913 bits per heavy atom. The number of nitrogens with one attached hydrogen (secondary N) is 1. The van der Waals surface area contributed by atoms with Gasteiger partial charge in [-0.2, -0.15) is 0 Å². The smallest absolute Gasteiger partial charge is 0.0231 e. The first-order chi connectivity index (χ1) is 10.9. The molecule has 1 N–H and O–H groups in total. The Morgan fingerprint density at radius 3 is 1.87 bits per heavy atom. The van der Waals surface area contributed by atoms with Gasteiger partial charge >= 0.3 is 0 Å². The highest BCUT2D eigenvalue weighted by Gasteiger charge is 2.05. The van der Waals surface area contributed by atoms with Crippen LogP contribution in [0.15, 0.2) is 24.3 Å². The van der Waals surface area contributed by atoms with E-state index in [1.807, 2.05) is 7.05 Å². The van der Waals surface area contributed by atoms with E-state index >= 15 is 0 Å². The molecular formula is C20H39N3. The molecule has 3 heteroatoms. The summed E-state index contributed by atoms with van der Waals surface area (Å²) in [5.41, 5.74) is 2.73. The maximum atomic E-state index is 3.18. The lowest BCUT2D eigenvalue weighted by molar-refractivity contribution is 0.236. The topological polar surface area (TPSA) is 18.5 Å². The molecule has 1 aromatic carbocycles. The van der Waals surface area contributed by atoms with Gasteiger partial charge in [0.05, 0.1) is 0 Å². The Balaban J connectivity index is 0.00000149. The standard InChI is InChI=1S/C17H31N3.C3H8/c1-15(2)13-19(4)10-11-20(5)14-17-8-6-16(7-9-17)12-18-3;1-3-2/h6-9,15,18H,10-14H2,1-5H3;3H2,1-2H3. The van der Waals surface area contributed by atoms with Crippen LogP contribution in [-0.4, -0.2) is 50.6 Å². The third kappa shape index (κ3) is 12.2. The normalized spacial score (nSPS) is 11.0. The molecule has 23 heavy (non-hydrogen) atoms. The minimum absolute atomic E-state index is 0.741. The molecule has 0 spiro atoms. The van der Waals surface area contributed by atoms with Gasteiger partial charge in [0.25, 0.3) is 0 Å². The number of rotatable bonds is 9. The summed E-state index contributed by atoms with van der Waals surface area (Å²) in [5, 5.41) is 3.18. The molecule has 0 aliphatic rings. The molecule has 0 amide bonds. The Morgan fingerprint density at radius 2 is 1.39 bits per heavy atom. The molecule has 0 heterocycles. The van der Waals surface area contributed by atoms with Crippen molar-refractivity contribution in [2.75, 3.05) is 40.8 Å². The van der Waals surface area contributed by atoms with Gasteiger partial charge in [-0.3, -0.25) is 0 Å². The molecule has 0 aromatic heterocycles. The van der Waals surface area contributed by atoms with Crippen LogP contribution in [0.4, 0.5) is 0 Å². The lowest BCUT2D eigenvalue weighted by Crippen LogP contribution is -2.32. The highest BCUT2D eigenvalue weighted by molar-refractivity contribution is 5.22. The maximum absolute atomic E-state index is 3.18. The molecule has 0 aliphatic heterocycles. The van der Waals surface area contributed by atoms with Gasteiger partial charge in [-0.05, 0) is 38.2 Å². The van der Waals surface area contributed by atoms with Crippen molar-refractivity contribution in [2.24, 2.45) is 5.92 Å². The first-order valence-electron chi connectivity index (χ1n) is 9.02. The molecule has 0 saturated carbocycles. The van der Waals surface area contributed by atoms with Crippen LogP contribution >= 0.6 is 0 Å². The van der Waals surface area contributed by atoms with Crippen LogP contribution in [0.3, 0.4) is 0 Å². The fourth-order valence-electron chi connectivity index (χ4n) is 2.41. The Labute approximate surface area is 145 Å². The van der Waals surface area contributed by atoms with Crippen LogP contribution < -0.4 is 5.32 Å². The molecule has 0 saturated heterocycles. The van der Waals surface area contributed by atoms with E-state index in [9.17, 15) is 0 Å². The van der Waals surface area contributed by atoms with Crippen LogP contribution in [0.5, 0.6) is 0 Å². The van der Waals surface area contributed by atoms with Crippen LogP contribution in [0.25, 0.3) is 0 Å². The number of hydrogen-bond donors (Lipinski definition) is 1. The minimum atomic E-state index is 0.741. The van der Waals surface area contributed by atoms with Crippen molar-refractivity contribution >= 4 is 0 Å². The summed E-state index contributed by atoms with van der Waals surface area (Å²) in [6.45, 7) is 14.2. The summed E-state index contributed by atoms with van der Waals surface area (Å²) in [5.74, 6) is 0.741. The Bertz CT molecular complexity index is 373. The zero-order chi connectivity index (χ0) is 17.7. The minimum Gasteiger partial charge on any atom is -0.316 e. The number of hydrogen-bond acceptors (Lipinski definition) is 3. The van der Waals surface area contributed by atoms with Crippen LogP contribution in [0.1, 0.15) is 45.2 Å². The van der Waals surface area contributed by atoms with Gasteiger partial charge in [0, 0.05) is 32.7 Å². The van der Waals surface area contributed by atoms with Gasteiger partial charge in [0.1, 0.15) is 0 Å². The van der Waals surface area contributed by atoms with E-state index < -0.39 is 0 Å². The van der Waals surface area contributed by atoms with Crippen molar-refractivity contribution in [1.29, 1.82) is 0 Å². The van der Waals surface area contributed by atoms with E-state index in [2.05, 4.69) is 81.2 Å². The molecular weight excluding hydrogens is 282 g/mol. The molecule has 0 bridgehead atoms. The summed E-state index contributed by atoms with van der Waals surface area (Å²) in [7, 11) is 6.39.